The molecular weight excluding hydrogens is 443 g/mol. The van der Waals surface area contributed by atoms with E-state index in [4.69, 9.17) is 5.73 Å². The maximum atomic E-state index is 14.2. The molecule has 9 nitrogen and oxygen atoms in total. The lowest BCUT2D eigenvalue weighted by atomic mass is 9.93. The molecule has 0 amide bonds. The normalized spacial score (nSPS) is 21.5. The lowest BCUT2D eigenvalue weighted by Crippen LogP contribution is -2.27. The molecule has 2 aliphatic rings. The van der Waals surface area contributed by atoms with Gasteiger partial charge in [-0.2, -0.15) is 10.4 Å². The molecular formula is C22H21FN8OS. The molecule has 0 saturated heterocycles. The monoisotopic (exact) mass is 464 g/mol. The van der Waals surface area contributed by atoms with Gasteiger partial charge in [0.1, 0.15) is 29.7 Å². The number of rotatable bonds is 0. The van der Waals surface area contributed by atoms with Gasteiger partial charge < -0.3 is 5.73 Å². The summed E-state index contributed by atoms with van der Waals surface area (Å²) in [6, 6.07) is 8.34. The highest BCUT2D eigenvalue weighted by molar-refractivity contribution is 7.92. The average molecular weight is 465 g/mol. The van der Waals surface area contributed by atoms with Crippen molar-refractivity contribution in [3.8, 4) is 17.2 Å². The number of nitrogen functional groups attached to an aromatic ring is 1. The second-order valence-electron chi connectivity index (χ2n) is 8.18. The van der Waals surface area contributed by atoms with E-state index in [2.05, 4.69) is 25.7 Å². The third-order valence-electron chi connectivity index (χ3n) is 6.11. The summed E-state index contributed by atoms with van der Waals surface area (Å²) in [5.41, 5.74) is 9.78. The van der Waals surface area contributed by atoms with Gasteiger partial charge in [-0.3, -0.25) is 8.99 Å². The zero-order chi connectivity index (χ0) is 23.3. The summed E-state index contributed by atoms with van der Waals surface area (Å²) >= 11 is 0. The minimum atomic E-state index is -3.18. The highest BCUT2D eigenvalue weighted by atomic mass is 32.2. The SMILES string of the molecule is C[C@H]1CCc2cc(cnc2N)-c2c(nn(C)c2C#N)CN2C=NN=S2(=O)c2ccc(F)cc21. The third-order valence-corrected chi connectivity index (χ3v) is 8.23. The van der Waals surface area contributed by atoms with Crippen molar-refractivity contribution in [1.29, 1.82) is 5.26 Å². The van der Waals surface area contributed by atoms with Crippen molar-refractivity contribution in [3.63, 3.8) is 0 Å². The second kappa shape index (κ2) is 7.67. The molecule has 2 aliphatic heterocycles. The first kappa shape index (κ1) is 21.1. The Morgan fingerprint density at radius 2 is 2.15 bits per heavy atom. The fourth-order valence-electron chi connectivity index (χ4n) is 4.35. The first-order chi connectivity index (χ1) is 15.8. The average Bonchev–Trinajstić information content (AvgIpc) is 3.31. The van der Waals surface area contributed by atoms with E-state index in [1.54, 1.807) is 13.2 Å². The molecule has 0 saturated carbocycles. The van der Waals surface area contributed by atoms with Crippen LogP contribution >= 0.6 is 0 Å². The smallest absolute Gasteiger partial charge is 0.185 e. The van der Waals surface area contributed by atoms with Gasteiger partial charge in [-0.25, -0.2) is 13.6 Å². The van der Waals surface area contributed by atoms with Crippen LogP contribution in [0.15, 0.2) is 44.9 Å². The van der Waals surface area contributed by atoms with Crippen LogP contribution in [-0.2, 0) is 29.9 Å². The number of hydrogen-bond acceptors (Lipinski definition) is 7. The van der Waals surface area contributed by atoms with Crippen LogP contribution in [0.3, 0.4) is 0 Å². The van der Waals surface area contributed by atoms with Crippen LogP contribution in [0, 0.1) is 17.1 Å². The maximum absolute atomic E-state index is 14.2. The first-order valence-corrected chi connectivity index (χ1v) is 11.9. The van der Waals surface area contributed by atoms with Crippen LogP contribution in [0.1, 0.15) is 41.8 Å². The van der Waals surface area contributed by atoms with Crippen molar-refractivity contribution < 1.29 is 8.60 Å². The summed E-state index contributed by atoms with van der Waals surface area (Å²) in [6.07, 6.45) is 4.21. The number of aromatic nitrogens is 3. The van der Waals surface area contributed by atoms with Crippen molar-refractivity contribution >= 4 is 22.1 Å². The summed E-state index contributed by atoms with van der Waals surface area (Å²) in [6.45, 7) is 2.04. The van der Waals surface area contributed by atoms with E-state index in [-0.39, 0.29) is 12.5 Å². The van der Waals surface area contributed by atoms with Crippen molar-refractivity contribution in [3.05, 3.63) is 58.8 Å². The molecule has 5 rings (SSSR count). The number of fused-ring (bicyclic) bond motifs is 7. The molecule has 2 N–H and O–H groups in total. The predicted molar refractivity (Wildman–Crippen MR) is 122 cm³/mol. The number of pyridine rings is 1. The summed E-state index contributed by atoms with van der Waals surface area (Å²) in [7, 11) is -1.50. The molecule has 2 aromatic heterocycles. The van der Waals surface area contributed by atoms with Crippen molar-refractivity contribution in [2.24, 2.45) is 16.6 Å². The maximum Gasteiger partial charge on any atom is 0.185 e. The van der Waals surface area contributed by atoms with Crippen LogP contribution < -0.4 is 5.73 Å². The molecule has 0 aliphatic carbocycles. The number of benzene rings is 1. The van der Waals surface area contributed by atoms with Gasteiger partial charge in [0.2, 0.25) is 0 Å². The Kier molecular flexibility index (Phi) is 4.90. The summed E-state index contributed by atoms with van der Waals surface area (Å²) in [5.74, 6) is -0.141. The molecule has 168 valence electrons. The number of aryl methyl sites for hydroxylation is 2. The van der Waals surface area contributed by atoms with Crippen LogP contribution in [0.4, 0.5) is 10.2 Å². The molecule has 0 radical (unpaired) electrons. The standard InChI is InChI=1S/C22H21FN8OS/c1-13-3-4-14-7-15(10-26-22(14)25)21-18(28-30(2)19(21)9-24)11-31-12-27-29-33(31,32)20-6-5-16(23)8-17(13)20/h5-8,10,12-13H,3-4,11H2,1-2H3,(H2,25,26)/t13-,33?/m0/s1. The van der Waals surface area contributed by atoms with E-state index in [1.165, 1.54) is 33.5 Å². The fourth-order valence-corrected chi connectivity index (χ4v) is 6.24. The third kappa shape index (κ3) is 3.34. The van der Waals surface area contributed by atoms with Crippen molar-refractivity contribution in [2.75, 3.05) is 5.73 Å². The molecule has 11 heteroatoms. The summed E-state index contributed by atoms with van der Waals surface area (Å²) < 4.78 is 35.5. The summed E-state index contributed by atoms with van der Waals surface area (Å²) in [5, 5.41) is 18.3. The number of halogens is 1. The predicted octanol–water partition coefficient (Wildman–Crippen LogP) is 3.33. The number of nitrogens with zero attached hydrogens (tertiary/aromatic N) is 7. The van der Waals surface area contributed by atoms with Crippen molar-refractivity contribution in [2.45, 2.75) is 37.1 Å². The molecule has 1 aromatic carbocycles. The lowest BCUT2D eigenvalue weighted by molar-refractivity contribution is 0.579. The van der Waals surface area contributed by atoms with Gasteiger partial charge in [0, 0.05) is 24.4 Å². The van der Waals surface area contributed by atoms with Gasteiger partial charge in [0.05, 0.1) is 17.1 Å². The molecule has 0 spiro atoms. The molecule has 1 unspecified atom stereocenters. The highest BCUT2D eigenvalue weighted by Crippen LogP contribution is 2.36. The highest BCUT2D eigenvalue weighted by Gasteiger charge is 2.32. The Hall–Kier alpha value is -3.78. The minimum Gasteiger partial charge on any atom is -0.383 e. The fraction of sp³-hybridized carbons (Fsp3) is 0.273. The first-order valence-electron chi connectivity index (χ1n) is 10.4. The Morgan fingerprint density at radius 1 is 1.33 bits per heavy atom. The Bertz CT molecular complexity index is 1480. The second-order valence-corrected chi connectivity index (χ2v) is 10.2. The van der Waals surface area contributed by atoms with E-state index in [0.717, 1.165) is 5.56 Å². The molecule has 2 atom stereocenters. The van der Waals surface area contributed by atoms with Crippen LogP contribution in [0.25, 0.3) is 11.1 Å². The summed E-state index contributed by atoms with van der Waals surface area (Å²) in [4.78, 5) is 4.78. The van der Waals surface area contributed by atoms with Crippen molar-refractivity contribution in [1.82, 2.24) is 19.1 Å². The van der Waals surface area contributed by atoms with Gasteiger partial charge >= 0.3 is 0 Å². The number of nitriles is 1. The van der Waals surface area contributed by atoms with E-state index >= 15 is 0 Å². The number of hydrogen-bond donors (Lipinski definition) is 1. The molecule has 0 fully saturated rings. The Morgan fingerprint density at radius 3 is 2.94 bits per heavy atom. The molecule has 2 bridgehead atoms. The van der Waals surface area contributed by atoms with Gasteiger partial charge in [0.25, 0.3) is 0 Å². The number of anilines is 1. The van der Waals surface area contributed by atoms with Gasteiger partial charge in [-0.1, -0.05) is 11.4 Å². The molecule has 4 heterocycles. The Balaban J connectivity index is 1.78. The van der Waals surface area contributed by atoms with Gasteiger partial charge in [-0.05, 0) is 54.2 Å². The largest absolute Gasteiger partial charge is 0.383 e. The van der Waals surface area contributed by atoms with E-state index in [1.807, 2.05) is 13.0 Å². The molecule has 3 aromatic rings. The topological polar surface area (TPSA) is 126 Å². The number of nitrogens with two attached hydrogens (primary N) is 1. The zero-order valence-electron chi connectivity index (χ0n) is 18.1. The van der Waals surface area contributed by atoms with Crippen LogP contribution in [0.5, 0.6) is 0 Å². The quantitative estimate of drug-likeness (QED) is 0.546. The Labute approximate surface area is 190 Å². The van der Waals surface area contributed by atoms with Gasteiger partial charge in [0.15, 0.2) is 9.92 Å². The van der Waals surface area contributed by atoms with Crippen LogP contribution in [-0.4, -0.2) is 29.6 Å². The van der Waals surface area contributed by atoms with Crippen LogP contribution in [0.2, 0.25) is 0 Å². The van der Waals surface area contributed by atoms with E-state index < -0.39 is 15.7 Å². The zero-order valence-corrected chi connectivity index (χ0v) is 18.9. The van der Waals surface area contributed by atoms with E-state index in [0.29, 0.717) is 51.6 Å². The molecule has 33 heavy (non-hydrogen) atoms. The lowest BCUT2D eigenvalue weighted by Gasteiger charge is -2.23. The van der Waals surface area contributed by atoms with E-state index in [9.17, 15) is 13.9 Å². The van der Waals surface area contributed by atoms with Gasteiger partial charge in [-0.15, -0.1) is 5.10 Å². The minimum absolute atomic E-state index is 0.0849.